The number of ether oxygens (including phenoxy) is 2. The van der Waals surface area contributed by atoms with E-state index in [1.165, 1.54) is 55.6 Å². The van der Waals surface area contributed by atoms with Crippen molar-refractivity contribution >= 4 is 5.57 Å². The maximum atomic E-state index is 14.4. The first kappa shape index (κ1) is 25.7. The normalized spacial score (nSPS) is 19.9. The summed E-state index contributed by atoms with van der Waals surface area (Å²) in [5.41, 5.74) is -1.63. The van der Waals surface area contributed by atoms with Gasteiger partial charge in [0, 0.05) is 14.2 Å². The Hall–Kier alpha value is -3.96. The van der Waals surface area contributed by atoms with E-state index in [1.54, 1.807) is 30.3 Å². The largest absolute Gasteiger partial charge is 0.415 e. The van der Waals surface area contributed by atoms with Gasteiger partial charge in [0.25, 0.3) is 0 Å². The fourth-order valence-corrected chi connectivity index (χ4v) is 4.65. The first-order chi connectivity index (χ1) is 18.2. The highest BCUT2D eigenvalue weighted by atomic mass is 19.4. The van der Waals surface area contributed by atoms with Gasteiger partial charge in [-0.05, 0) is 29.3 Å². The predicted molar refractivity (Wildman–Crippen MR) is 129 cm³/mol. The molecule has 2 aromatic rings. The molecule has 0 radical (unpaired) electrons. The summed E-state index contributed by atoms with van der Waals surface area (Å²) < 4.78 is 83.7. The minimum atomic E-state index is -4.72. The number of alkyl halides is 3. The Morgan fingerprint density at radius 1 is 0.974 bits per heavy atom. The number of hydrogen-bond acceptors (Lipinski definition) is 5. The molecule has 2 heterocycles. The molecule has 0 saturated heterocycles. The lowest BCUT2D eigenvalue weighted by Crippen LogP contribution is -2.52. The molecular formula is C27H21F5N4O2. The molecule has 5 rings (SSSR count). The monoisotopic (exact) mass is 528 g/mol. The molecule has 1 aliphatic carbocycles. The van der Waals surface area contributed by atoms with E-state index in [-0.39, 0.29) is 29.2 Å². The van der Waals surface area contributed by atoms with Crippen LogP contribution in [0.5, 0.6) is 0 Å². The molecule has 0 fully saturated rings. The maximum Gasteiger partial charge on any atom is 0.415 e. The fraction of sp³-hybridized carbons (Fsp3) is 0.222. The number of benzene rings is 2. The zero-order chi connectivity index (χ0) is 27.1. The molecule has 2 aliphatic heterocycles. The van der Waals surface area contributed by atoms with Gasteiger partial charge in [0.05, 0.1) is 30.1 Å². The molecule has 0 amide bonds. The summed E-state index contributed by atoms with van der Waals surface area (Å²) in [7, 11) is 2.49. The molecule has 0 saturated carbocycles. The van der Waals surface area contributed by atoms with E-state index in [9.17, 15) is 22.0 Å². The summed E-state index contributed by atoms with van der Waals surface area (Å²) in [6.07, 6.45) is -0.542. The van der Waals surface area contributed by atoms with Crippen molar-refractivity contribution in [3.8, 4) is 22.8 Å². The Kier molecular flexibility index (Phi) is 6.58. The van der Waals surface area contributed by atoms with E-state index in [1.807, 2.05) is 0 Å². The number of hydrogen-bond donors (Lipinski definition) is 0. The molecule has 0 spiro atoms. The molecule has 2 aromatic carbocycles. The molecule has 3 aliphatic rings. The van der Waals surface area contributed by atoms with Gasteiger partial charge in [0.15, 0.2) is 17.5 Å². The molecule has 2 atom stereocenters. The lowest BCUT2D eigenvalue weighted by molar-refractivity contribution is -0.142. The third kappa shape index (κ3) is 4.48. The average molecular weight is 528 g/mol. The quantitative estimate of drug-likeness (QED) is 0.300. The van der Waals surface area contributed by atoms with Crippen molar-refractivity contribution in [2.24, 2.45) is 0 Å². The van der Waals surface area contributed by atoms with Crippen LogP contribution >= 0.6 is 0 Å². The van der Waals surface area contributed by atoms with Crippen LogP contribution in [0.3, 0.4) is 0 Å². The lowest BCUT2D eigenvalue weighted by atomic mass is 9.80. The van der Waals surface area contributed by atoms with Crippen molar-refractivity contribution in [3.63, 3.8) is 0 Å². The SMILES string of the molecule is COC1C(C(F)(F)F)=C(c2ccccc2)C=CC1(Cn1cc2nc(-c3cccc(F)c3F)nc-2cn1)OC. The smallest absolute Gasteiger partial charge is 0.373 e. The third-order valence-corrected chi connectivity index (χ3v) is 6.45. The second kappa shape index (κ2) is 9.73. The number of aromatic nitrogens is 4. The Labute approximate surface area is 214 Å². The molecule has 196 valence electrons. The summed E-state index contributed by atoms with van der Waals surface area (Å²) in [6.45, 7) is -0.174. The Morgan fingerprint density at radius 2 is 1.71 bits per heavy atom. The van der Waals surface area contributed by atoms with Gasteiger partial charge in [0.1, 0.15) is 23.1 Å². The maximum absolute atomic E-state index is 14.4. The zero-order valence-electron chi connectivity index (χ0n) is 20.2. The van der Waals surface area contributed by atoms with Crippen molar-refractivity contribution in [1.82, 2.24) is 19.7 Å². The van der Waals surface area contributed by atoms with Crippen molar-refractivity contribution in [3.05, 3.63) is 95.8 Å². The van der Waals surface area contributed by atoms with Gasteiger partial charge in [-0.3, -0.25) is 4.68 Å². The first-order valence-corrected chi connectivity index (χ1v) is 11.5. The fourth-order valence-electron chi connectivity index (χ4n) is 4.65. The van der Waals surface area contributed by atoms with Crippen LogP contribution in [-0.2, 0) is 16.0 Å². The average Bonchev–Trinajstić information content (AvgIpc) is 3.33. The van der Waals surface area contributed by atoms with Crippen LogP contribution in [0.4, 0.5) is 22.0 Å². The van der Waals surface area contributed by atoms with Crippen LogP contribution in [0.2, 0.25) is 0 Å². The van der Waals surface area contributed by atoms with Crippen LogP contribution in [0.25, 0.3) is 28.3 Å². The molecule has 2 unspecified atom stereocenters. The highest BCUT2D eigenvalue weighted by molar-refractivity contribution is 5.80. The molecule has 0 N–H and O–H groups in total. The second-order valence-electron chi connectivity index (χ2n) is 8.69. The van der Waals surface area contributed by atoms with Crippen LogP contribution in [-0.4, -0.2) is 51.8 Å². The number of allylic oxidation sites excluding steroid dienone is 2. The van der Waals surface area contributed by atoms with Gasteiger partial charge in [-0.25, -0.2) is 18.7 Å². The van der Waals surface area contributed by atoms with Crippen LogP contribution in [0, 0.1) is 11.6 Å². The van der Waals surface area contributed by atoms with Crippen molar-refractivity contribution in [1.29, 1.82) is 0 Å². The van der Waals surface area contributed by atoms with Gasteiger partial charge in [-0.1, -0.05) is 42.5 Å². The Balaban J connectivity index is 1.54. The van der Waals surface area contributed by atoms with Crippen LogP contribution < -0.4 is 0 Å². The summed E-state index contributed by atoms with van der Waals surface area (Å²) in [5, 5.41) is 4.25. The van der Waals surface area contributed by atoms with E-state index >= 15 is 0 Å². The van der Waals surface area contributed by atoms with Gasteiger partial charge < -0.3 is 9.47 Å². The Morgan fingerprint density at radius 3 is 2.39 bits per heavy atom. The van der Waals surface area contributed by atoms with Crippen molar-refractivity contribution in [2.75, 3.05) is 14.2 Å². The number of halogens is 5. The predicted octanol–water partition coefficient (Wildman–Crippen LogP) is 5.71. The minimum Gasteiger partial charge on any atom is -0.373 e. The molecular weight excluding hydrogens is 507 g/mol. The number of imidazole rings is 1. The van der Waals surface area contributed by atoms with Gasteiger partial charge in [-0.15, -0.1) is 0 Å². The highest BCUT2D eigenvalue weighted by Crippen LogP contribution is 2.45. The molecule has 6 nitrogen and oxygen atoms in total. The zero-order valence-corrected chi connectivity index (χ0v) is 20.2. The molecule has 38 heavy (non-hydrogen) atoms. The van der Waals surface area contributed by atoms with E-state index in [0.717, 1.165) is 6.07 Å². The number of fused-ring (bicyclic) bond motifs is 1. The van der Waals surface area contributed by atoms with E-state index in [4.69, 9.17) is 9.47 Å². The van der Waals surface area contributed by atoms with E-state index in [0.29, 0.717) is 11.3 Å². The lowest BCUT2D eigenvalue weighted by Gasteiger charge is -2.41. The highest BCUT2D eigenvalue weighted by Gasteiger charge is 2.52. The second-order valence-corrected chi connectivity index (χ2v) is 8.69. The summed E-state index contributed by atoms with van der Waals surface area (Å²) in [4.78, 5) is 8.48. The Bertz CT molecular complexity index is 1500. The van der Waals surface area contributed by atoms with E-state index < -0.39 is 35.1 Å². The summed E-state index contributed by atoms with van der Waals surface area (Å²) in [5.74, 6) is -2.16. The van der Waals surface area contributed by atoms with Gasteiger partial charge in [-0.2, -0.15) is 18.3 Å². The van der Waals surface area contributed by atoms with Crippen LogP contribution in [0.1, 0.15) is 5.56 Å². The molecule has 11 heteroatoms. The number of nitrogens with zero attached hydrogens (tertiary/aromatic N) is 4. The third-order valence-electron chi connectivity index (χ3n) is 6.45. The van der Waals surface area contributed by atoms with Crippen LogP contribution in [0.15, 0.2) is 78.6 Å². The molecule has 0 bridgehead atoms. The van der Waals surface area contributed by atoms with Crippen molar-refractivity contribution in [2.45, 2.75) is 24.4 Å². The minimum absolute atomic E-state index is 0.0188. The topological polar surface area (TPSA) is 62.1 Å². The van der Waals surface area contributed by atoms with Gasteiger partial charge >= 0.3 is 6.18 Å². The molecule has 0 aromatic heterocycles. The summed E-state index contributed by atoms with van der Waals surface area (Å²) >= 11 is 0. The number of methoxy groups -OCH3 is 2. The standard InChI is InChI=1S/C27H21F5N4O2/c1-37-24-22(27(30,31)32)17(16-7-4-3-5-8-16)11-12-26(24,38-2)15-36-14-21-20(13-33-36)34-25(35-21)18-9-6-10-19(28)23(18)29/h3-14,24H,15H2,1-2H3. The first-order valence-electron chi connectivity index (χ1n) is 11.5. The van der Waals surface area contributed by atoms with Crippen molar-refractivity contribution < 1.29 is 31.4 Å². The van der Waals surface area contributed by atoms with Gasteiger partial charge in [0.2, 0.25) is 0 Å². The summed E-state index contributed by atoms with van der Waals surface area (Å²) in [6, 6.07) is 11.9. The number of rotatable bonds is 6. The van der Waals surface area contributed by atoms with E-state index in [2.05, 4.69) is 15.1 Å².